The number of carbonyl (C=O) groups is 1. The van der Waals surface area contributed by atoms with Crippen LogP contribution in [-0.2, 0) is 16.3 Å². The number of carbonyl (C=O) groups excluding carboxylic acids is 1. The lowest BCUT2D eigenvalue weighted by molar-refractivity contribution is 0.122. The Hall–Kier alpha value is -2.15. The molecule has 0 bridgehead atoms. The van der Waals surface area contributed by atoms with Gasteiger partial charge in [0.1, 0.15) is 9.84 Å². The molecule has 4 rings (SSSR count). The maximum atomic E-state index is 13.2. The summed E-state index contributed by atoms with van der Waals surface area (Å²) in [7, 11) is 1.48. The fraction of sp³-hybridized carbons (Fsp3) is 0.552. The minimum Gasteiger partial charge on any atom is -0.493 e. The zero-order valence-electron chi connectivity index (χ0n) is 25.0. The number of piperidine rings is 1. The van der Waals surface area contributed by atoms with E-state index >= 15 is 0 Å². The molecule has 2 fully saturated rings. The molecule has 2 heterocycles. The van der Waals surface area contributed by atoms with E-state index in [2.05, 4.69) is 32.6 Å². The first-order chi connectivity index (χ1) is 19.6. The van der Waals surface area contributed by atoms with Gasteiger partial charge in [-0.25, -0.2) is 13.2 Å². The Balaban J connectivity index is 0.00000323. The van der Waals surface area contributed by atoms with E-state index in [4.69, 9.17) is 25.8 Å². The molecule has 10 nitrogen and oxygen atoms in total. The Kier molecular flexibility index (Phi) is 14.5. The average Bonchev–Trinajstić information content (AvgIpc) is 3.35. The van der Waals surface area contributed by atoms with Crippen molar-refractivity contribution in [2.45, 2.75) is 31.3 Å². The Morgan fingerprint density at radius 1 is 0.977 bits per heavy atom. The number of ether oxygens (including phenoxy) is 3. The van der Waals surface area contributed by atoms with Gasteiger partial charge in [-0.3, -0.25) is 9.80 Å². The largest absolute Gasteiger partial charge is 0.493 e. The summed E-state index contributed by atoms with van der Waals surface area (Å²) >= 11 is 6.05. The number of rotatable bonds is 11. The molecule has 2 aromatic carbocycles. The van der Waals surface area contributed by atoms with Crippen molar-refractivity contribution in [3.63, 3.8) is 0 Å². The molecule has 0 unspecified atom stereocenters. The van der Waals surface area contributed by atoms with Crippen molar-refractivity contribution in [2.24, 2.45) is 5.92 Å². The summed E-state index contributed by atoms with van der Waals surface area (Å²) < 4.78 is 39.9. The van der Waals surface area contributed by atoms with Crippen LogP contribution >= 0.6 is 36.4 Å². The van der Waals surface area contributed by atoms with Crippen LogP contribution in [0.3, 0.4) is 0 Å². The van der Waals surface area contributed by atoms with Gasteiger partial charge < -0.3 is 24.8 Å². The van der Waals surface area contributed by atoms with Gasteiger partial charge in [-0.05, 0) is 56.0 Å². The average molecular weight is 682 g/mol. The summed E-state index contributed by atoms with van der Waals surface area (Å²) in [6.45, 7) is 3.57. The number of anilines is 1. The number of halogens is 3. The number of hydrogen-bond acceptors (Lipinski definition) is 8. The van der Waals surface area contributed by atoms with Crippen LogP contribution in [0.4, 0.5) is 10.5 Å². The quantitative estimate of drug-likeness (QED) is 0.360. The summed E-state index contributed by atoms with van der Waals surface area (Å²) in [6.07, 6.45) is 4.40. The summed E-state index contributed by atoms with van der Waals surface area (Å²) in [4.78, 5) is 17.8. The van der Waals surface area contributed by atoms with Gasteiger partial charge in [-0.15, -0.1) is 24.8 Å². The Morgan fingerprint density at radius 2 is 1.58 bits per heavy atom. The third kappa shape index (κ3) is 10.5. The SMILES string of the molecule is COc1cc(NC(=O)N[C@@H]2CN(CCS(C)(=O)=O)C[C@H]2N2CCC(Cc3ccc(Cl)cc3)CC2)cc(OC)c1OC.Cl.Cl. The molecule has 242 valence electrons. The first-order valence-electron chi connectivity index (χ1n) is 13.8. The molecule has 2 saturated heterocycles. The lowest BCUT2D eigenvalue weighted by atomic mass is 9.89. The van der Waals surface area contributed by atoms with Crippen molar-refractivity contribution in [3.8, 4) is 17.2 Å². The molecular weight excluding hydrogens is 639 g/mol. The zero-order chi connectivity index (χ0) is 29.6. The molecule has 43 heavy (non-hydrogen) atoms. The van der Waals surface area contributed by atoms with Crippen molar-refractivity contribution in [1.29, 1.82) is 0 Å². The van der Waals surface area contributed by atoms with Crippen LogP contribution in [0.2, 0.25) is 5.02 Å². The van der Waals surface area contributed by atoms with Gasteiger partial charge in [-0.1, -0.05) is 23.7 Å². The number of nitrogens with one attached hydrogen (secondary N) is 2. The number of methoxy groups -OCH3 is 3. The molecule has 2 aromatic rings. The first kappa shape index (κ1) is 37.0. The van der Waals surface area contributed by atoms with E-state index in [-0.39, 0.29) is 48.7 Å². The standard InChI is InChI=1S/C29H41ClN4O6S.2ClH/c1-38-26-16-23(17-27(39-2)28(26)40-3)31-29(35)32-24-18-33(13-14-41(4,36)37)19-25(24)34-11-9-21(10-12-34)15-20-5-7-22(30)8-6-20;;/h5-8,16-17,21,24-25H,9-15,18-19H2,1-4H3,(H2,31,32,35);2*1H/t24-,25-;;/m1../s1. The summed E-state index contributed by atoms with van der Waals surface area (Å²) in [6, 6.07) is 11.0. The predicted octanol–water partition coefficient (Wildman–Crippen LogP) is 4.38. The van der Waals surface area contributed by atoms with Crippen LogP contribution in [0.15, 0.2) is 36.4 Å². The second-order valence-corrected chi connectivity index (χ2v) is 13.6. The van der Waals surface area contributed by atoms with E-state index in [1.165, 1.54) is 33.1 Å². The lowest BCUT2D eigenvalue weighted by Crippen LogP contribution is -2.54. The summed E-state index contributed by atoms with van der Waals surface area (Å²) in [5.41, 5.74) is 1.80. The van der Waals surface area contributed by atoms with Crippen LogP contribution in [0, 0.1) is 5.92 Å². The molecule has 2 amide bonds. The van der Waals surface area contributed by atoms with Crippen molar-refractivity contribution in [1.82, 2.24) is 15.1 Å². The molecule has 0 saturated carbocycles. The minimum absolute atomic E-state index is 0. The first-order valence-corrected chi connectivity index (χ1v) is 16.3. The van der Waals surface area contributed by atoms with E-state index in [1.54, 1.807) is 12.1 Å². The van der Waals surface area contributed by atoms with Crippen LogP contribution in [0.1, 0.15) is 18.4 Å². The van der Waals surface area contributed by atoms with E-state index in [9.17, 15) is 13.2 Å². The highest BCUT2D eigenvalue weighted by Crippen LogP contribution is 2.40. The topological polar surface area (TPSA) is 109 Å². The number of hydrogen-bond donors (Lipinski definition) is 2. The second kappa shape index (κ2) is 16.8. The molecule has 2 atom stereocenters. The highest BCUT2D eigenvalue weighted by atomic mass is 35.5. The number of sulfone groups is 1. The third-order valence-corrected chi connectivity index (χ3v) is 9.11. The minimum atomic E-state index is -3.09. The zero-order valence-corrected chi connectivity index (χ0v) is 28.2. The van der Waals surface area contributed by atoms with Gasteiger partial charge in [0, 0.05) is 49.1 Å². The number of benzene rings is 2. The van der Waals surface area contributed by atoms with Crippen LogP contribution < -0.4 is 24.8 Å². The van der Waals surface area contributed by atoms with Crippen molar-refractivity contribution < 1.29 is 27.4 Å². The van der Waals surface area contributed by atoms with Crippen molar-refractivity contribution >= 4 is 58.0 Å². The maximum Gasteiger partial charge on any atom is 0.319 e. The molecule has 2 aliphatic heterocycles. The Morgan fingerprint density at radius 3 is 2.12 bits per heavy atom. The van der Waals surface area contributed by atoms with E-state index in [1.807, 2.05) is 12.1 Å². The second-order valence-electron chi connectivity index (χ2n) is 10.9. The normalized spacial score (nSPS) is 19.6. The number of likely N-dealkylation sites (tertiary alicyclic amines) is 2. The smallest absolute Gasteiger partial charge is 0.319 e. The molecule has 0 aromatic heterocycles. The molecule has 0 spiro atoms. The van der Waals surface area contributed by atoms with Crippen LogP contribution in [0.25, 0.3) is 0 Å². The summed E-state index contributed by atoms with van der Waals surface area (Å²) in [5, 5.41) is 6.80. The van der Waals surface area contributed by atoms with Crippen molar-refractivity contribution in [3.05, 3.63) is 47.0 Å². The Labute approximate surface area is 272 Å². The molecule has 14 heteroatoms. The van der Waals surface area contributed by atoms with Gasteiger partial charge in [-0.2, -0.15) is 0 Å². The Bertz CT molecular complexity index is 1270. The van der Waals surface area contributed by atoms with Gasteiger partial charge in [0.25, 0.3) is 0 Å². The molecule has 2 N–H and O–H groups in total. The van der Waals surface area contributed by atoms with Gasteiger partial charge in [0.15, 0.2) is 11.5 Å². The fourth-order valence-corrected chi connectivity index (χ4v) is 6.50. The van der Waals surface area contributed by atoms with E-state index in [0.717, 1.165) is 37.4 Å². The highest BCUT2D eigenvalue weighted by Gasteiger charge is 2.39. The lowest BCUT2D eigenvalue weighted by Gasteiger charge is -2.38. The van der Waals surface area contributed by atoms with Gasteiger partial charge >= 0.3 is 6.03 Å². The highest BCUT2D eigenvalue weighted by molar-refractivity contribution is 7.90. The third-order valence-electron chi connectivity index (χ3n) is 7.94. The molecule has 0 aliphatic carbocycles. The molecule has 2 aliphatic rings. The monoisotopic (exact) mass is 680 g/mol. The maximum absolute atomic E-state index is 13.2. The number of amides is 2. The number of nitrogens with zero attached hydrogens (tertiary/aromatic N) is 2. The van der Waals surface area contributed by atoms with Crippen LogP contribution in [-0.4, -0.2) is 102 Å². The number of urea groups is 1. The van der Waals surface area contributed by atoms with Gasteiger partial charge in [0.2, 0.25) is 5.75 Å². The van der Waals surface area contributed by atoms with Gasteiger partial charge in [0.05, 0.1) is 38.8 Å². The van der Waals surface area contributed by atoms with Crippen molar-refractivity contribution in [2.75, 3.05) is 71.4 Å². The van der Waals surface area contributed by atoms with E-state index in [0.29, 0.717) is 48.5 Å². The van der Waals surface area contributed by atoms with E-state index < -0.39 is 9.84 Å². The van der Waals surface area contributed by atoms with Crippen LogP contribution in [0.5, 0.6) is 17.2 Å². The molecular formula is C29H43Cl3N4O6S. The predicted molar refractivity (Wildman–Crippen MR) is 176 cm³/mol. The molecule has 0 radical (unpaired) electrons. The fourth-order valence-electron chi connectivity index (χ4n) is 5.79. The summed E-state index contributed by atoms with van der Waals surface area (Å²) in [5.74, 6) is 2.00.